The van der Waals surface area contributed by atoms with Gasteiger partial charge < -0.3 is 4.84 Å². The summed E-state index contributed by atoms with van der Waals surface area (Å²) < 4.78 is 0. The molecular formula is C15H13NO4. The summed E-state index contributed by atoms with van der Waals surface area (Å²) >= 11 is 0. The molecule has 0 fully saturated rings. The van der Waals surface area contributed by atoms with Gasteiger partial charge in [-0.15, -0.1) is 12.3 Å². The second-order valence-electron chi connectivity index (χ2n) is 4.32. The Kier molecular flexibility index (Phi) is 4.16. The maximum absolute atomic E-state index is 11.9. The van der Waals surface area contributed by atoms with Gasteiger partial charge in [0.05, 0.1) is 11.1 Å². The van der Waals surface area contributed by atoms with E-state index in [1.54, 1.807) is 12.1 Å². The standard InChI is InChI=1S/C15H13NO4/c1-2-3-4-5-10-13(17)20-16-14(18)11-8-6-7-9-12(11)15(16)19/h1,6-9H,3-5,10H2. The van der Waals surface area contributed by atoms with E-state index in [-0.39, 0.29) is 17.5 Å². The molecule has 5 heteroatoms. The molecule has 1 aromatic rings. The number of rotatable bonds is 5. The van der Waals surface area contributed by atoms with Crippen molar-refractivity contribution in [2.45, 2.75) is 25.7 Å². The highest BCUT2D eigenvalue weighted by Crippen LogP contribution is 2.22. The van der Waals surface area contributed by atoms with Crippen molar-refractivity contribution in [2.24, 2.45) is 0 Å². The fourth-order valence-corrected chi connectivity index (χ4v) is 1.89. The Hall–Kier alpha value is -2.61. The van der Waals surface area contributed by atoms with Crippen molar-refractivity contribution in [1.82, 2.24) is 5.06 Å². The molecular weight excluding hydrogens is 258 g/mol. The third-order valence-electron chi connectivity index (χ3n) is 2.90. The topological polar surface area (TPSA) is 63.7 Å². The number of hydrogen-bond acceptors (Lipinski definition) is 4. The average molecular weight is 271 g/mol. The van der Waals surface area contributed by atoms with Gasteiger partial charge in [-0.25, -0.2) is 4.79 Å². The summed E-state index contributed by atoms with van der Waals surface area (Å²) in [5, 5.41) is 0.522. The van der Waals surface area contributed by atoms with Crippen LogP contribution in [0.5, 0.6) is 0 Å². The molecule has 5 nitrogen and oxygen atoms in total. The largest absolute Gasteiger partial charge is 0.333 e. The average Bonchev–Trinajstić information content (AvgIpc) is 2.69. The van der Waals surface area contributed by atoms with Gasteiger partial charge in [-0.2, -0.15) is 0 Å². The molecule has 2 rings (SSSR count). The highest BCUT2D eigenvalue weighted by atomic mass is 16.7. The van der Waals surface area contributed by atoms with Crippen LogP contribution in [0.3, 0.4) is 0 Å². The number of nitrogens with zero attached hydrogens (tertiary/aromatic N) is 1. The van der Waals surface area contributed by atoms with E-state index in [2.05, 4.69) is 5.92 Å². The SMILES string of the molecule is C#CCCCCC(=O)ON1C(=O)c2ccccc2C1=O. The smallest absolute Gasteiger partial charge is 0.330 e. The summed E-state index contributed by atoms with van der Waals surface area (Å²) in [6.07, 6.45) is 7.07. The molecule has 2 amide bonds. The number of fused-ring (bicyclic) bond motifs is 1. The number of imide groups is 1. The Labute approximate surface area is 116 Å². The molecule has 0 unspecified atom stereocenters. The molecule has 0 saturated carbocycles. The number of unbranched alkanes of at least 4 members (excludes halogenated alkanes) is 2. The fraction of sp³-hybridized carbons (Fsp3) is 0.267. The summed E-state index contributed by atoms with van der Waals surface area (Å²) in [5.74, 6) is 0.638. The Morgan fingerprint density at radius 2 is 1.75 bits per heavy atom. The predicted molar refractivity (Wildman–Crippen MR) is 70.3 cm³/mol. The second-order valence-corrected chi connectivity index (χ2v) is 4.32. The van der Waals surface area contributed by atoms with Crippen molar-refractivity contribution in [3.63, 3.8) is 0 Å². The second kappa shape index (κ2) is 6.02. The number of terminal acetylenes is 1. The van der Waals surface area contributed by atoms with Crippen LogP contribution in [0, 0.1) is 12.3 Å². The molecule has 0 aromatic heterocycles. The molecule has 1 aliphatic heterocycles. The van der Waals surface area contributed by atoms with Crippen LogP contribution in [0.4, 0.5) is 0 Å². The van der Waals surface area contributed by atoms with E-state index in [4.69, 9.17) is 11.3 Å². The number of carbonyl (C=O) groups is 3. The quantitative estimate of drug-likeness (QED) is 0.466. The minimum atomic E-state index is -0.614. The number of amides is 2. The van der Waals surface area contributed by atoms with Crippen LogP contribution in [0.1, 0.15) is 46.4 Å². The lowest BCUT2D eigenvalue weighted by atomic mass is 10.1. The minimum absolute atomic E-state index is 0.120. The lowest BCUT2D eigenvalue weighted by Gasteiger charge is -2.12. The molecule has 20 heavy (non-hydrogen) atoms. The Morgan fingerprint density at radius 3 is 2.30 bits per heavy atom. The van der Waals surface area contributed by atoms with Gasteiger partial charge in [-0.3, -0.25) is 9.59 Å². The van der Waals surface area contributed by atoms with E-state index < -0.39 is 17.8 Å². The van der Waals surface area contributed by atoms with Crippen LogP contribution in [0.2, 0.25) is 0 Å². The van der Waals surface area contributed by atoms with Crippen molar-refractivity contribution in [3.8, 4) is 12.3 Å². The molecule has 0 bridgehead atoms. The van der Waals surface area contributed by atoms with Crippen molar-refractivity contribution in [3.05, 3.63) is 35.4 Å². The van der Waals surface area contributed by atoms with Crippen molar-refractivity contribution < 1.29 is 19.2 Å². The Bertz CT molecular complexity index is 565. The van der Waals surface area contributed by atoms with Gasteiger partial charge in [0.15, 0.2) is 0 Å². The lowest BCUT2D eigenvalue weighted by Crippen LogP contribution is -2.32. The van der Waals surface area contributed by atoms with E-state index in [1.165, 1.54) is 12.1 Å². The van der Waals surface area contributed by atoms with Crippen LogP contribution in [-0.4, -0.2) is 22.8 Å². The highest BCUT2D eigenvalue weighted by Gasteiger charge is 2.38. The van der Waals surface area contributed by atoms with E-state index in [1.807, 2.05) is 0 Å². The summed E-state index contributed by atoms with van der Waals surface area (Å²) in [6, 6.07) is 6.34. The van der Waals surface area contributed by atoms with Crippen molar-refractivity contribution in [1.29, 1.82) is 0 Å². The van der Waals surface area contributed by atoms with Gasteiger partial charge in [-0.05, 0) is 25.0 Å². The monoisotopic (exact) mass is 271 g/mol. The fourth-order valence-electron chi connectivity index (χ4n) is 1.89. The first-order valence-corrected chi connectivity index (χ1v) is 6.27. The van der Waals surface area contributed by atoms with Gasteiger partial charge >= 0.3 is 5.97 Å². The molecule has 0 spiro atoms. The third kappa shape index (κ3) is 2.69. The molecule has 0 N–H and O–H groups in total. The first-order chi connectivity index (χ1) is 9.65. The Morgan fingerprint density at radius 1 is 1.15 bits per heavy atom. The van der Waals surface area contributed by atoms with Crippen molar-refractivity contribution >= 4 is 17.8 Å². The maximum Gasteiger partial charge on any atom is 0.333 e. The van der Waals surface area contributed by atoms with Gasteiger partial charge in [0.2, 0.25) is 0 Å². The Balaban J connectivity index is 1.95. The predicted octanol–water partition coefficient (Wildman–Crippen LogP) is 1.93. The normalized spacial score (nSPS) is 13.1. The highest BCUT2D eigenvalue weighted by molar-refractivity contribution is 6.20. The van der Waals surface area contributed by atoms with E-state index >= 15 is 0 Å². The van der Waals surface area contributed by atoms with Crippen LogP contribution in [-0.2, 0) is 9.63 Å². The minimum Gasteiger partial charge on any atom is -0.330 e. The van der Waals surface area contributed by atoms with E-state index in [0.29, 0.717) is 24.3 Å². The van der Waals surface area contributed by atoms with Gasteiger partial charge in [0.25, 0.3) is 11.8 Å². The molecule has 1 aliphatic rings. The van der Waals surface area contributed by atoms with Crippen molar-refractivity contribution in [2.75, 3.05) is 0 Å². The number of benzene rings is 1. The number of hydroxylamine groups is 2. The summed E-state index contributed by atoms with van der Waals surface area (Å²) in [6.45, 7) is 0. The molecule has 0 radical (unpaired) electrons. The third-order valence-corrected chi connectivity index (χ3v) is 2.90. The molecule has 0 saturated heterocycles. The number of carbonyl (C=O) groups excluding carboxylic acids is 3. The molecule has 0 aliphatic carbocycles. The van der Waals surface area contributed by atoms with Gasteiger partial charge in [-0.1, -0.05) is 17.2 Å². The van der Waals surface area contributed by atoms with Gasteiger partial charge in [0.1, 0.15) is 0 Å². The van der Waals surface area contributed by atoms with Crippen LogP contribution in [0.15, 0.2) is 24.3 Å². The maximum atomic E-state index is 11.9. The van der Waals surface area contributed by atoms with Crippen LogP contribution in [0.25, 0.3) is 0 Å². The van der Waals surface area contributed by atoms with Crippen LogP contribution >= 0.6 is 0 Å². The molecule has 1 aromatic carbocycles. The summed E-state index contributed by atoms with van der Waals surface area (Å²) in [4.78, 5) is 40.3. The summed E-state index contributed by atoms with van der Waals surface area (Å²) in [7, 11) is 0. The zero-order valence-corrected chi connectivity index (χ0v) is 10.8. The first kappa shape index (κ1) is 13.8. The molecule has 102 valence electrons. The van der Waals surface area contributed by atoms with Gasteiger partial charge in [0, 0.05) is 12.8 Å². The van der Waals surface area contributed by atoms with E-state index in [0.717, 1.165) is 0 Å². The van der Waals surface area contributed by atoms with Crippen LogP contribution < -0.4 is 0 Å². The zero-order valence-electron chi connectivity index (χ0n) is 10.8. The van der Waals surface area contributed by atoms with E-state index in [9.17, 15) is 14.4 Å². The molecule has 0 atom stereocenters. The number of hydrogen-bond donors (Lipinski definition) is 0. The summed E-state index contributed by atoms with van der Waals surface area (Å²) in [5.41, 5.74) is 0.496. The zero-order chi connectivity index (χ0) is 14.5. The lowest BCUT2D eigenvalue weighted by molar-refractivity contribution is -0.168. The first-order valence-electron chi connectivity index (χ1n) is 6.27. The molecule has 1 heterocycles.